The Hall–Kier alpha value is -2.70. The fraction of sp³-hybridized carbons (Fsp3) is 0.500. The van der Waals surface area contributed by atoms with E-state index in [1.807, 2.05) is 0 Å². The van der Waals surface area contributed by atoms with Crippen molar-refractivity contribution >= 4 is 22.6 Å². The molecule has 0 bridgehead atoms. The predicted molar refractivity (Wildman–Crippen MR) is 103 cm³/mol. The Morgan fingerprint density at radius 2 is 1.93 bits per heavy atom. The number of nitrogens with zero attached hydrogens (tertiary/aromatic N) is 1. The fourth-order valence-corrected chi connectivity index (χ4v) is 4.04. The van der Waals surface area contributed by atoms with Crippen molar-refractivity contribution in [2.24, 2.45) is 11.7 Å². The van der Waals surface area contributed by atoms with E-state index in [0.29, 0.717) is 17.5 Å². The van der Waals surface area contributed by atoms with Gasteiger partial charge in [0.1, 0.15) is 11.8 Å². The molecule has 1 saturated carbocycles. The largest absolute Gasteiger partial charge is 0.368 e. The summed E-state index contributed by atoms with van der Waals surface area (Å²) in [5, 5.41) is 0.281. The van der Waals surface area contributed by atoms with Gasteiger partial charge in [0.25, 0.3) is 5.56 Å². The third kappa shape index (κ3) is 4.18. The van der Waals surface area contributed by atoms with Crippen molar-refractivity contribution in [2.75, 3.05) is 0 Å². The number of hydrogen-bond acceptors (Lipinski definition) is 4. The molecule has 7 nitrogen and oxygen atoms in total. The van der Waals surface area contributed by atoms with Gasteiger partial charge in [-0.1, -0.05) is 38.2 Å². The summed E-state index contributed by atoms with van der Waals surface area (Å²) in [5.41, 5.74) is 5.46. The summed E-state index contributed by atoms with van der Waals surface area (Å²) >= 11 is 0. The molecule has 3 N–H and O–H groups in total. The number of H-pyrrole nitrogens is 1. The maximum Gasteiger partial charge on any atom is 0.329 e. The summed E-state index contributed by atoms with van der Waals surface area (Å²) in [7, 11) is 0. The highest BCUT2D eigenvalue weighted by molar-refractivity contribution is 5.83. The smallest absolute Gasteiger partial charge is 0.329 e. The van der Waals surface area contributed by atoms with Gasteiger partial charge in [0.2, 0.25) is 5.91 Å². The Balaban J connectivity index is 2.07. The normalized spacial score (nSPS) is 16.3. The van der Waals surface area contributed by atoms with Crippen molar-refractivity contribution in [3.8, 4) is 0 Å². The first-order valence-electron chi connectivity index (χ1n) is 9.43. The molecule has 0 radical (unpaired) electrons. The number of nitrogens with two attached hydrogens (primary N) is 1. The van der Waals surface area contributed by atoms with Gasteiger partial charge in [-0.3, -0.25) is 14.4 Å². The highest BCUT2D eigenvalue weighted by Crippen LogP contribution is 2.30. The molecular formula is C20H25N3O4. The maximum atomic E-state index is 13.0. The highest BCUT2D eigenvalue weighted by Gasteiger charge is 2.27. The topological polar surface area (TPSA) is 115 Å². The van der Waals surface area contributed by atoms with Crippen molar-refractivity contribution in [1.82, 2.24) is 9.55 Å². The van der Waals surface area contributed by atoms with E-state index in [1.54, 1.807) is 18.2 Å². The molecule has 7 heteroatoms. The molecule has 1 amide bonds. The van der Waals surface area contributed by atoms with Gasteiger partial charge in [-0.15, -0.1) is 0 Å². The number of primary amides is 1. The molecule has 0 saturated heterocycles. The summed E-state index contributed by atoms with van der Waals surface area (Å²) in [6.45, 7) is 1.47. The SMILES string of the molecule is CC(=O)Cc1ccc2[nH]c(=O)n(C(CC3CCCCC3)C(N)=O)c(=O)c2c1. The van der Waals surface area contributed by atoms with E-state index in [0.717, 1.165) is 30.3 Å². The summed E-state index contributed by atoms with van der Waals surface area (Å²) in [5.74, 6) is -0.416. The molecule has 1 aromatic heterocycles. The van der Waals surface area contributed by atoms with Crippen molar-refractivity contribution in [3.05, 3.63) is 44.6 Å². The zero-order valence-corrected chi connectivity index (χ0v) is 15.5. The Kier molecular flexibility index (Phi) is 5.58. The molecule has 1 fully saturated rings. The Labute approximate surface area is 156 Å². The lowest BCUT2D eigenvalue weighted by atomic mass is 9.84. The summed E-state index contributed by atoms with van der Waals surface area (Å²) in [6, 6.07) is 3.95. The minimum absolute atomic E-state index is 0.0218. The van der Waals surface area contributed by atoms with Gasteiger partial charge in [-0.05, 0) is 37.0 Å². The molecule has 0 aliphatic heterocycles. The molecule has 1 aliphatic rings. The second-order valence-electron chi connectivity index (χ2n) is 7.52. The van der Waals surface area contributed by atoms with Crippen LogP contribution in [-0.4, -0.2) is 21.2 Å². The number of hydrogen-bond donors (Lipinski definition) is 2. The second-order valence-corrected chi connectivity index (χ2v) is 7.52. The monoisotopic (exact) mass is 371 g/mol. The number of fused-ring (bicyclic) bond motifs is 1. The molecule has 1 aliphatic carbocycles. The van der Waals surface area contributed by atoms with Gasteiger partial charge in [-0.2, -0.15) is 0 Å². The molecular weight excluding hydrogens is 346 g/mol. The van der Waals surface area contributed by atoms with E-state index in [4.69, 9.17) is 5.73 Å². The molecule has 0 spiro atoms. The number of benzene rings is 1. The molecule has 2 aromatic rings. The lowest BCUT2D eigenvalue weighted by molar-refractivity contribution is -0.122. The van der Waals surface area contributed by atoms with E-state index >= 15 is 0 Å². The van der Waals surface area contributed by atoms with Crippen LogP contribution in [0, 0.1) is 5.92 Å². The van der Waals surface area contributed by atoms with Crippen LogP contribution in [0.5, 0.6) is 0 Å². The first-order chi connectivity index (χ1) is 12.9. The van der Waals surface area contributed by atoms with Crippen LogP contribution in [0.4, 0.5) is 0 Å². The number of carbonyl (C=O) groups excluding carboxylic acids is 2. The summed E-state index contributed by atoms with van der Waals surface area (Å²) < 4.78 is 0.955. The Morgan fingerprint density at radius 3 is 2.56 bits per heavy atom. The number of nitrogens with one attached hydrogen (secondary N) is 1. The highest BCUT2D eigenvalue weighted by atomic mass is 16.2. The van der Waals surface area contributed by atoms with Crippen LogP contribution in [-0.2, 0) is 16.0 Å². The number of rotatable bonds is 6. The minimum atomic E-state index is -0.967. The molecule has 1 unspecified atom stereocenters. The molecule has 1 aromatic carbocycles. The average Bonchev–Trinajstić information content (AvgIpc) is 2.61. The van der Waals surface area contributed by atoms with Gasteiger partial charge in [-0.25, -0.2) is 9.36 Å². The summed E-state index contributed by atoms with van der Waals surface area (Å²) in [6.07, 6.45) is 5.92. The third-order valence-electron chi connectivity index (χ3n) is 5.37. The van der Waals surface area contributed by atoms with E-state index in [1.165, 1.54) is 13.3 Å². The number of Topliss-reactive ketones (excluding diaryl/α,β-unsaturated/α-hetero) is 1. The summed E-state index contributed by atoms with van der Waals surface area (Å²) in [4.78, 5) is 51.7. The van der Waals surface area contributed by atoms with Gasteiger partial charge < -0.3 is 10.7 Å². The van der Waals surface area contributed by atoms with Crippen molar-refractivity contribution < 1.29 is 9.59 Å². The number of carbonyl (C=O) groups is 2. The Morgan fingerprint density at radius 1 is 1.22 bits per heavy atom. The van der Waals surface area contributed by atoms with Gasteiger partial charge in [0.05, 0.1) is 10.9 Å². The van der Waals surface area contributed by atoms with Crippen LogP contribution in [0.3, 0.4) is 0 Å². The zero-order valence-electron chi connectivity index (χ0n) is 15.5. The minimum Gasteiger partial charge on any atom is -0.368 e. The van der Waals surface area contributed by atoms with Gasteiger partial charge in [0.15, 0.2) is 0 Å². The van der Waals surface area contributed by atoms with Crippen LogP contribution in [0.15, 0.2) is 27.8 Å². The maximum absolute atomic E-state index is 13.0. The molecule has 1 atom stereocenters. The number of amides is 1. The van der Waals surface area contributed by atoms with Crippen LogP contribution < -0.4 is 17.0 Å². The lowest BCUT2D eigenvalue weighted by Crippen LogP contribution is -2.43. The fourth-order valence-electron chi connectivity index (χ4n) is 4.04. The van der Waals surface area contributed by atoms with E-state index < -0.39 is 23.2 Å². The standard InChI is InChI=1S/C20H25N3O4/c1-12(24)9-14-7-8-16-15(10-14)19(26)23(20(27)22-16)17(18(21)25)11-13-5-3-2-4-6-13/h7-8,10,13,17H,2-6,9,11H2,1H3,(H2,21,25)(H,22,27). The third-order valence-corrected chi connectivity index (χ3v) is 5.37. The van der Waals surface area contributed by atoms with Crippen molar-refractivity contribution in [2.45, 2.75) is 57.9 Å². The van der Waals surface area contributed by atoms with E-state index in [-0.39, 0.29) is 23.5 Å². The first-order valence-corrected chi connectivity index (χ1v) is 9.43. The van der Waals surface area contributed by atoms with Crippen molar-refractivity contribution in [3.63, 3.8) is 0 Å². The quantitative estimate of drug-likeness (QED) is 0.806. The number of ketones is 1. The van der Waals surface area contributed by atoms with Crippen LogP contribution >= 0.6 is 0 Å². The van der Waals surface area contributed by atoms with Crippen LogP contribution in [0.1, 0.15) is 57.1 Å². The average molecular weight is 371 g/mol. The van der Waals surface area contributed by atoms with Gasteiger partial charge in [0, 0.05) is 6.42 Å². The number of aromatic amines is 1. The second kappa shape index (κ2) is 7.90. The van der Waals surface area contributed by atoms with Crippen molar-refractivity contribution in [1.29, 1.82) is 0 Å². The van der Waals surface area contributed by atoms with E-state index in [9.17, 15) is 19.2 Å². The lowest BCUT2D eigenvalue weighted by Gasteiger charge is -2.25. The van der Waals surface area contributed by atoms with E-state index in [2.05, 4.69) is 4.98 Å². The molecule has 3 rings (SSSR count). The molecule has 27 heavy (non-hydrogen) atoms. The van der Waals surface area contributed by atoms with Crippen LogP contribution in [0.2, 0.25) is 0 Å². The Bertz CT molecular complexity index is 983. The van der Waals surface area contributed by atoms with Crippen LogP contribution in [0.25, 0.3) is 10.9 Å². The molecule has 1 heterocycles. The van der Waals surface area contributed by atoms with Gasteiger partial charge >= 0.3 is 5.69 Å². The molecule has 144 valence electrons. The predicted octanol–water partition coefficient (Wildman–Crippen LogP) is 1.82. The first kappa shape index (κ1) is 19.1. The number of aromatic nitrogens is 2. The zero-order chi connectivity index (χ0) is 19.6.